The summed E-state index contributed by atoms with van der Waals surface area (Å²) in [7, 11) is 0. The van der Waals surface area contributed by atoms with E-state index in [-0.39, 0.29) is 23.8 Å². The largest absolute Gasteiger partial charge is 0.508 e. The van der Waals surface area contributed by atoms with Gasteiger partial charge in [-0.15, -0.1) is 0 Å². The highest BCUT2D eigenvalue weighted by molar-refractivity contribution is 5.78. The molecular weight excluding hydrogens is 428 g/mol. The number of phenolic OH excluding ortho intramolecular Hbond substituents is 2. The Morgan fingerprint density at radius 2 is 1.24 bits per heavy atom. The second-order valence-corrected chi connectivity index (χ2v) is 10.8. The minimum Gasteiger partial charge on any atom is -0.508 e. The van der Waals surface area contributed by atoms with Crippen LogP contribution in [0.2, 0.25) is 0 Å². The van der Waals surface area contributed by atoms with E-state index >= 15 is 0 Å². The number of rotatable bonds is 16. The molecule has 6 nitrogen and oxygen atoms in total. The van der Waals surface area contributed by atoms with E-state index in [1.165, 1.54) is 0 Å². The van der Waals surface area contributed by atoms with Crippen LogP contribution in [0.1, 0.15) is 98.6 Å². The quantitative estimate of drug-likeness (QED) is 0.232. The van der Waals surface area contributed by atoms with Gasteiger partial charge in [0.2, 0.25) is 5.91 Å². The number of nitrogens with zero attached hydrogens (tertiary/aromatic N) is 2. The Kier molecular flexibility index (Phi) is 12.4. The number of carbonyl (C=O) groups is 1. The van der Waals surface area contributed by atoms with Gasteiger partial charge in [0.05, 0.1) is 13.3 Å². The molecule has 0 saturated carbocycles. The molecule has 196 valence electrons. The van der Waals surface area contributed by atoms with E-state index in [1.54, 1.807) is 12.1 Å². The lowest BCUT2D eigenvalue weighted by molar-refractivity contribution is -0.132. The lowest BCUT2D eigenvalue weighted by atomic mass is 9.77. The fourth-order valence-electron chi connectivity index (χ4n) is 4.53. The predicted molar refractivity (Wildman–Crippen MR) is 141 cm³/mol. The molecule has 2 N–H and O–H groups in total. The van der Waals surface area contributed by atoms with Gasteiger partial charge in [-0.25, -0.2) is 0 Å². The zero-order valence-corrected chi connectivity index (χ0v) is 23.0. The van der Waals surface area contributed by atoms with Gasteiger partial charge in [-0.1, -0.05) is 55.4 Å². The topological polar surface area (TPSA) is 73.2 Å². The molecule has 0 radical (unpaired) electrons. The van der Waals surface area contributed by atoms with Crippen molar-refractivity contribution in [2.24, 2.45) is 0 Å². The summed E-state index contributed by atoms with van der Waals surface area (Å²) in [5.41, 5.74) is 0.137. The molecule has 0 aliphatic carbocycles. The Morgan fingerprint density at radius 1 is 0.794 bits per heavy atom. The average Bonchev–Trinajstić information content (AvgIpc) is 2.74. The van der Waals surface area contributed by atoms with Gasteiger partial charge < -0.3 is 19.8 Å². The summed E-state index contributed by atoms with van der Waals surface area (Å²) >= 11 is 0. The maximum atomic E-state index is 13.0. The van der Waals surface area contributed by atoms with Gasteiger partial charge in [0.1, 0.15) is 11.5 Å². The third kappa shape index (κ3) is 8.77. The Labute approximate surface area is 208 Å². The monoisotopic (exact) mass is 478 g/mol. The van der Waals surface area contributed by atoms with Crippen molar-refractivity contribution >= 4 is 5.91 Å². The summed E-state index contributed by atoms with van der Waals surface area (Å²) in [4.78, 5) is 17.1. The Balaban J connectivity index is 3.02. The van der Waals surface area contributed by atoms with Gasteiger partial charge in [0, 0.05) is 54.6 Å². The second-order valence-electron chi connectivity index (χ2n) is 10.8. The van der Waals surface area contributed by atoms with E-state index in [2.05, 4.69) is 32.6 Å². The van der Waals surface area contributed by atoms with E-state index in [1.807, 2.05) is 32.6 Å². The summed E-state index contributed by atoms with van der Waals surface area (Å²) in [5, 5.41) is 21.9. The van der Waals surface area contributed by atoms with Crippen LogP contribution in [0, 0.1) is 0 Å². The molecule has 6 heteroatoms. The van der Waals surface area contributed by atoms with E-state index < -0.39 is 10.8 Å². The van der Waals surface area contributed by atoms with Crippen molar-refractivity contribution in [3.63, 3.8) is 0 Å². The zero-order chi connectivity index (χ0) is 25.9. The smallest absolute Gasteiger partial charge is 0.223 e. The highest BCUT2D eigenvalue weighted by Gasteiger charge is 2.32. The molecule has 0 spiro atoms. The molecule has 1 aromatic carbocycles. The van der Waals surface area contributed by atoms with Crippen molar-refractivity contribution in [2.75, 3.05) is 39.5 Å². The maximum Gasteiger partial charge on any atom is 0.223 e. The minimum atomic E-state index is -0.613. The highest BCUT2D eigenvalue weighted by Crippen LogP contribution is 2.42. The van der Waals surface area contributed by atoms with Gasteiger partial charge >= 0.3 is 0 Å². The lowest BCUT2D eigenvalue weighted by Crippen LogP contribution is -2.36. The minimum absolute atomic E-state index is 0.0779. The molecule has 0 aromatic heterocycles. The molecule has 0 heterocycles. The predicted octanol–water partition coefficient (Wildman–Crippen LogP) is 5.79. The first-order valence-electron chi connectivity index (χ1n) is 13.1. The standard InChI is InChI=1S/C28H50N2O4/c1-9-13-29(14-10-2)21-34-20-28(7,8)23-18-24(31)22(17-25(23)32)27(5,6)19-26(33)30(15-11-3)16-12-4/h17-18,31-32H,9-16,19-21H2,1-8H3. The zero-order valence-electron chi connectivity index (χ0n) is 23.0. The molecule has 0 atom stereocenters. The van der Waals surface area contributed by atoms with Crippen LogP contribution < -0.4 is 0 Å². The van der Waals surface area contributed by atoms with Gasteiger partial charge in [0.25, 0.3) is 0 Å². The molecule has 0 aliphatic heterocycles. The SMILES string of the molecule is CCCN(CCC)COCC(C)(C)c1cc(O)c(C(C)(C)CC(=O)N(CCC)CCC)cc1O. The number of phenols is 2. The van der Waals surface area contributed by atoms with Gasteiger partial charge in [-0.2, -0.15) is 0 Å². The number of amides is 1. The summed E-state index contributed by atoms with van der Waals surface area (Å²) < 4.78 is 6.02. The van der Waals surface area contributed by atoms with Crippen molar-refractivity contribution in [1.82, 2.24) is 9.80 Å². The van der Waals surface area contributed by atoms with Crippen LogP contribution in [-0.2, 0) is 20.4 Å². The van der Waals surface area contributed by atoms with Gasteiger partial charge in [-0.05, 0) is 37.8 Å². The van der Waals surface area contributed by atoms with Gasteiger partial charge in [-0.3, -0.25) is 9.69 Å². The number of carbonyl (C=O) groups excluding carboxylic acids is 1. The molecule has 0 fully saturated rings. The Bertz CT molecular complexity index is 749. The van der Waals surface area contributed by atoms with Crippen molar-refractivity contribution in [2.45, 2.75) is 98.3 Å². The molecule has 0 unspecified atom stereocenters. The lowest BCUT2D eigenvalue weighted by Gasteiger charge is -2.32. The number of hydrogen-bond acceptors (Lipinski definition) is 5. The van der Waals surface area contributed by atoms with Crippen LogP contribution in [0.5, 0.6) is 11.5 Å². The summed E-state index contributed by atoms with van der Waals surface area (Å²) in [6.45, 7) is 20.8. The third-order valence-electron chi connectivity index (χ3n) is 6.32. The Morgan fingerprint density at radius 3 is 1.68 bits per heavy atom. The molecule has 34 heavy (non-hydrogen) atoms. The van der Waals surface area contributed by atoms with E-state index in [9.17, 15) is 15.0 Å². The van der Waals surface area contributed by atoms with Gasteiger partial charge in [0.15, 0.2) is 0 Å². The first-order valence-corrected chi connectivity index (χ1v) is 13.1. The van der Waals surface area contributed by atoms with Crippen molar-refractivity contribution in [3.05, 3.63) is 23.3 Å². The van der Waals surface area contributed by atoms with Crippen LogP contribution >= 0.6 is 0 Å². The maximum absolute atomic E-state index is 13.0. The molecule has 0 bridgehead atoms. The van der Waals surface area contributed by atoms with Crippen LogP contribution in [0.3, 0.4) is 0 Å². The van der Waals surface area contributed by atoms with Crippen molar-refractivity contribution in [3.8, 4) is 11.5 Å². The number of benzene rings is 1. The summed E-state index contributed by atoms with van der Waals surface area (Å²) in [5.74, 6) is 0.309. The normalized spacial score (nSPS) is 12.4. The fraction of sp³-hybridized carbons (Fsp3) is 0.750. The van der Waals surface area contributed by atoms with Crippen LogP contribution in [-0.4, -0.2) is 65.4 Å². The first kappa shape index (κ1) is 30.2. The van der Waals surface area contributed by atoms with E-state index in [4.69, 9.17) is 4.74 Å². The molecule has 1 amide bonds. The molecule has 1 aromatic rings. The van der Waals surface area contributed by atoms with E-state index in [0.717, 1.165) is 51.9 Å². The highest BCUT2D eigenvalue weighted by atomic mass is 16.5. The first-order chi connectivity index (χ1) is 15.9. The number of aromatic hydroxyl groups is 2. The summed E-state index contributed by atoms with van der Waals surface area (Å²) in [6, 6.07) is 3.27. The number of hydrogen-bond donors (Lipinski definition) is 2. The second kappa shape index (κ2) is 13.9. The third-order valence-corrected chi connectivity index (χ3v) is 6.32. The average molecular weight is 479 g/mol. The molecular formula is C28H50N2O4. The fourth-order valence-corrected chi connectivity index (χ4v) is 4.53. The van der Waals surface area contributed by atoms with E-state index in [0.29, 0.717) is 24.5 Å². The van der Waals surface area contributed by atoms with Crippen molar-refractivity contribution < 1.29 is 19.7 Å². The Hall–Kier alpha value is -1.79. The molecule has 0 aliphatic rings. The summed E-state index contributed by atoms with van der Waals surface area (Å²) in [6.07, 6.45) is 4.26. The molecule has 1 rings (SSSR count). The van der Waals surface area contributed by atoms with Crippen LogP contribution in [0.25, 0.3) is 0 Å². The molecule has 0 saturated heterocycles. The van der Waals surface area contributed by atoms with Crippen LogP contribution in [0.4, 0.5) is 0 Å². The van der Waals surface area contributed by atoms with Crippen molar-refractivity contribution in [1.29, 1.82) is 0 Å². The number of ether oxygens (including phenoxy) is 1. The van der Waals surface area contributed by atoms with Crippen LogP contribution in [0.15, 0.2) is 12.1 Å².